The maximum atomic E-state index is 11.9. The fraction of sp³-hybridized carbons (Fsp3) is 0.750. The van der Waals surface area contributed by atoms with Crippen LogP contribution in [0.15, 0.2) is 11.5 Å². The van der Waals surface area contributed by atoms with Crippen LogP contribution < -0.4 is 0 Å². The molecule has 0 unspecified atom stereocenters. The third kappa shape index (κ3) is 19.2. The van der Waals surface area contributed by atoms with Gasteiger partial charge in [-0.25, -0.2) is 0 Å². The van der Waals surface area contributed by atoms with Crippen molar-refractivity contribution in [3.63, 3.8) is 0 Å². The highest BCUT2D eigenvalue weighted by Gasteiger charge is 2.60. The lowest BCUT2D eigenvalue weighted by Gasteiger charge is -2.36. The monoisotopic (exact) mass is 404 g/mol. The van der Waals surface area contributed by atoms with Gasteiger partial charge in [0.2, 0.25) is 0 Å². The molecule has 0 aromatic carbocycles. The molecule has 0 aliphatic carbocycles. The van der Waals surface area contributed by atoms with Gasteiger partial charge in [-0.2, -0.15) is 8.42 Å². The first kappa shape index (κ1) is 23.1. The zero-order valence-electron chi connectivity index (χ0n) is 12.8. The second-order valence-corrected chi connectivity index (χ2v) is 9.11. The Morgan fingerprint density at radius 1 is 1.00 bits per heavy atom. The van der Waals surface area contributed by atoms with Crippen molar-refractivity contribution in [2.24, 2.45) is 0 Å². The Bertz CT molecular complexity index is 542. The molecule has 0 aliphatic rings. The van der Waals surface area contributed by atoms with E-state index in [-0.39, 0.29) is 12.8 Å². The first-order chi connectivity index (χ1) is 10.6. The van der Waals surface area contributed by atoms with Crippen molar-refractivity contribution in [2.75, 3.05) is 12.4 Å². The highest BCUT2D eigenvalue weighted by molar-refractivity contribution is 8.48. The van der Waals surface area contributed by atoms with Crippen LogP contribution in [-0.4, -0.2) is 31.3 Å². The molecule has 0 amide bonds. The number of unbranched alkanes of at least 4 members (excludes halogenated alkanes) is 5. The Morgan fingerprint density at radius 3 is 2.08 bits per heavy atom. The first-order valence-electron chi connectivity index (χ1n) is 7.10. The molecular formula is C12H21F5O5S2. The van der Waals surface area contributed by atoms with Crippen LogP contribution in [0.1, 0.15) is 44.9 Å². The SMILES string of the molecule is O=C(CCCCCCCC=CS(F)(F)(F)(F)F)OCCS(=O)(=O)O. The summed E-state index contributed by atoms with van der Waals surface area (Å²) in [6.07, 6.45) is 2.88. The third-order valence-corrected chi connectivity index (χ3v) is 4.10. The number of hydrogen-bond acceptors (Lipinski definition) is 4. The van der Waals surface area contributed by atoms with Crippen molar-refractivity contribution in [3.8, 4) is 0 Å². The van der Waals surface area contributed by atoms with E-state index in [4.69, 9.17) is 4.55 Å². The van der Waals surface area contributed by atoms with E-state index in [0.29, 0.717) is 38.2 Å². The van der Waals surface area contributed by atoms with Gasteiger partial charge in [0.05, 0.1) is 5.41 Å². The Hall–Kier alpha value is -0.880. The molecule has 0 saturated carbocycles. The van der Waals surface area contributed by atoms with Gasteiger partial charge in [0.1, 0.15) is 12.4 Å². The van der Waals surface area contributed by atoms with Crippen LogP contribution in [0.5, 0.6) is 0 Å². The predicted octanol–water partition coefficient (Wildman–Crippen LogP) is 4.96. The predicted molar refractivity (Wildman–Crippen MR) is 82.0 cm³/mol. The second-order valence-electron chi connectivity index (χ2n) is 5.21. The normalized spacial score (nSPS) is 15.9. The van der Waals surface area contributed by atoms with Gasteiger partial charge in [-0.15, -0.1) is 0 Å². The Morgan fingerprint density at radius 2 is 1.54 bits per heavy atom. The molecule has 24 heavy (non-hydrogen) atoms. The molecule has 0 heterocycles. The van der Waals surface area contributed by atoms with Crippen LogP contribution in [0, 0.1) is 0 Å². The molecule has 5 nitrogen and oxygen atoms in total. The molecule has 0 spiro atoms. The second kappa shape index (κ2) is 8.00. The van der Waals surface area contributed by atoms with Crippen LogP contribution in [0.3, 0.4) is 0 Å². The summed E-state index contributed by atoms with van der Waals surface area (Å²) in [5.41, 5.74) is 0. The van der Waals surface area contributed by atoms with Gasteiger partial charge in [0.25, 0.3) is 10.1 Å². The van der Waals surface area contributed by atoms with E-state index in [1.165, 1.54) is 0 Å². The van der Waals surface area contributed by atoms with Crippen LogP contribution in [-0.2, 0) is 19.6 Å². The zero-order valence-corrected chi connectivity index (χ0v) is 14.4. The molecule has 0 bridgehead atoms. The number of carbonyl (C=O) groups is 1. The van der Waals surface area contributed by atoms with Crippen LogP contribution in [0.25, 0.3) is 0 Å². The zero-order chi connectivity index (χ0) is 19.0. The number of allylic oxidation sites excluding steroid dienone is 1. The van der Waals surface area contributed by atoms with Crippen molar-refractivity contribution in [1.82, 2.24) is 0 Å². The largest absolute Gasteiger partial charge is 0.464 e. The molecule has 0 fully saturated rings. The van der Waals surface area contributed by atoms with Crippen LogP contribution >= 0.6 is 10.2 Å². The quantitative estimate of drug-likeness (QED) is 0.215. The number of halogens is 5. The summed E-state index contributed by atoms with van der Waals surface area (Å²) in [5.74, 6) is -1.29. The number of ether oxygens (including phenoxy) is 1. The van der Waals surface area contributed by atoms with Crippen molar-refractivity contribution in [1.29, 1.82) is 0 Å². The van der Waals surface area contributed by atoms with Crippen molar-refractivity contribution < 1.29 is 41.9 Å². The van der Waals surface area contributed by atoms with E-state index in [1.807, 2.05) is 0 Å². The van der Waals surface area contributed by atoms with Crippen molar-refractivity contribution in [3.05, 3.63) is 11.5 Å². The van der Waals surface area contributed by atoms with Crippen LogP contribution in [0.4, 0.5) is 19.4 Å². The van der Waals surface area contributed by atoms with Crippen molar-refractivity contribution in [2.45, 2.75) is 44.9 Å². The van der Waals surface area contributed by atoms with Gasteiger partial charge in [0.15, 0.2) is 0 Å². The van der Waals surface area contributed by atoms with E-state index in [1.54, 1.807) is 0 Å². The summed E-state index contributed by atoms with van der Waals surface area (Å²) in [6, 6.07) is 0. The van der Waals surface area contributed by atoms with Crippen LogP contribution in [0.2, 0.25) is 0 Å². The van der Waals surface area contributed by atoms with Gasteiger partial charge in [-0.3, -0.25) is 9.35 Å². The van der Waals surface area contributed by atoms with Gasteiger partial charge >= 0.3 is 16.2 Å². The maximum Gasteiger partial charge on any atom is 0.305 e. The highest BCUT2D eigenvalue weighted by atomic mass is 32.5. The molecule has 12 heteroatoms. The lowest BCUT2D eigenvalue weighted by atomic mass is 10.1. The van der Waals surface area contributed by atoms with E-state index >= 15 is 0 Å². The minimum atomic E-state index is -9.45. The Kier molecular flexibility index (Phi) is 7.71. The van der Waals surface area contributed by atoms with Gasteiger partial charge in [-0.1, -0.05) is 44.8 Å². The fourth-order valence-corrected chi connectivity index (χ4v) is 2.44. The Labute approximate surface area is 137 Å². The number of carbonyl (C=O) groups excluding carboxylic acids is 1. The molecule has 1 N–H and O–H groups in total. The molecule has 0 aromatic heterocycles. The van der Waals surface area contributed by atoms with Crippen molar-refractivity contribution >= 4 is 26.3 Å². The molecule has 0 saturated heterocycles. The number of hydrogen-bond donors (Lipinski definition) is 1. The summed E-state index contributed by atoms with van der Waals surface area (Å²) in [4.78, 5) is 11.2. The lowest BCUT2D eigenvalue weighted by Crippen LogP contribution is -2.14. The minimum Gasteiger partial charge on any atom is -0.464 e. The lowest BCUT2D eigenvalue weighted by molar-refractivity contribution is -0.143. The molecule has 0 aromatic rings. The van der Waals surface area contributed by atoms with E-state index in [9.17, 15) is 32.6 Å². The van der Waals surface area contributed by atoms with Gasteiger partial charge in [-0.05, 0) is 19.3 Å². The summed E-state index contributed by atoms with van der Waals surface area (Å²) in [7, 11) is -13.6. The smallest absolute Gasteiger partial charge is 0.305 e. The summed E-state index contributed by atoms with van der Waals surface area (Å²) < 4.78 is 93.4. The fourth-order valence-electron chi connectivity index (χ4n) is 1.64. The molecule has 0 radical (unpaired) electrons. The number of rotatable bonds is 12. The topological polar surface area (TPSA) is 80.7 Å². The molecular weight excluding hydrogens is 383 g/mol. The standard InChI is InChI=1S/C12H21F5O5S2/c13-24(14,15,16,17)11-7-5-3-1-2-4-6-8-12(18)22-9-10-23(19,20)21/h7,11H,1-6,8-10H2,(H,19,20,21). The maximum absolute atomic E-state index is 11.9. The van der Waals surface area contributed by atoms with Gasteiger partial charge in [0, 0.05) is 6.42 Å². The van der Waals surface area contributed by atoms with E-state index in [2.05, 4.69) is 4.74 Å². The summed E-state index contributed by atoms with van der Waals surface area (Å²) >= 11 is 0. The first-order valence-corrected chi connectivity index (χ1v) is 10.7. The molecule has 0 aliphatic heterocycles. The Balaban J connectivity index is 3.62. The molecule has 0 rings (SSSR count). The average Bonchev–Trinajstić information content (AvgIpc) is 2.32. The van der Waals surface area contributed by atoms with E-state index in [0.717, 1.165) is 0 Å². The average molecular weight is 404 g/mol. The van der Waals surface area contributed by atoms with E-state index < -0.39 is 44.1 Å². The summed E-state index contributed by atoms with van der Waals surface area (Å²) in [5, 5.41) is -0.942. The highest BCUT2D eigenvalue weighted by Crippen LogP contribution is 2.98. The third-order valence-electron chi connectivity index (χ3n) is 2.71. The minimum absolute atomic E-state index is 0.0512. The summed E-state index contributed by atoms with van der Waals surface area (Å²) in [6.45, 7) is -0.434. The molecule has 146 valence electrons. The number of esters is 1. The van der Waals surface area contributed by atoms with Gasteiger partial charge < -0.3 is 4.74 Å². The molecule has 0 atom stereocenters.